The van der Waals surface area contributed by atoms with Crippen LogP contribution in [-0.2, 0) is 4.79 Å². The van der Waals surface area contributed by atoms with Crippen LogP contribution in [0.2, 0.25) is 0 Å². The van der Waals surface area contributed by atoms with Gasteiger partial charge >= 0.3 is 0 Å². The maximum atomic E-state index is 12.7. The van der Waals surface area contributed by atoms with Gasteiger partial charge in [0.05, 0.1) is 6.04 Å². The first-order valence-electron chi connectivity index (χ1n) is 5.97. The molecule has 5 heteroatoms. The number of amides is 1. The highest BCUT2D eigenvalue weighted by Crippen LogP contribution is 2.33. The summed E-state index contributed by atoms with van der Waals surface area (Å²) in [7, 11) is 0. The third-order valence-corrected chi connectivity index (χ3v) is 3.32. The van der Waals surface area contributed by atoms with Gasteiger partial charge in [-0.1, -0.05) is 18.2 Å². The number of benzene rings is 1. The standard InChI is InChI=1S/C13H16F2N2O/c1-2-17-11(18)7-10(16)12(17)8-4-3-5-9(6-8)13(14)15/h3-6,10,12-13H,2,7,16H2,1H3. The Morgan fingerprint density at radius 1 is 1.50 bits per heavy atom. The Bertz CT molecular complexity index is 450. The van der Waals surface area contributed by atoms with Gasteiger partial charge in [0.25, 0.3) is 6.43 Å². The molecule has 0 radical (unpaired) electrons. The summed E-state index contributed by atoms with van der Waals surface area (Å²) < 4.78 is 25.4. The minimum atomic E-state index is -2.51. The Labute approximate surface area is 105 Å². The summed E-state index contributed by atoms with van der Waals surface area (Å²) >= 11 is 0. The number of nitrogens with zero attached hydrogens (tertiary/aromatic N) is 1. The third-order valence-electron chi connectivity index (χ3n) is 3.32. The normalized spacial score (nSPS) is 24.1. The van der Waals surface area contributed by atoms with Crippen LogP contribution in [0.1, 0.15) is 36.9 Å². The molecule has 2 atom stereocenters. The summed E-state index contributed by atoms with van der Waals surface area (Å²) in [6.07, 6.45) is -2.23. The molecular weight excluding hydrogens is 238 g/mol. The van der Waals surface area contributed by atoms with Crippen molar-refractivity contribution in [1.29, 1.82) is 0 Å². The Kier molecular flexibility index (Phi) is 3.61. The smallest absolute Gasteiger partial charge is 0.263 e. The molecule has 1 aromatic carbocycles. The summed E-state index contributed by atoms with van der Waals surface area (Å²) in [5, 5.41) is 0. The molecule has 0 aliphatic carbocycles. The predicted molar refractivity (Wildman–Crippen MR) is 64.1 cm³/mol. The summed E-state index contributed by atoms with van der Waals surface area (Å²) in [5.74, 6) is -0.0162. The van der Waals surface area contributed by atoms with Crippen LogP contribution in [0, 0.1) is 0 Å². The fourth-order valence-electron chi connectivity index (χ4n) is 2.50. The van der Waals surface area contributed by atoms with Crippen molar-refractivity contribution in [1.82, 2.24) is 4.90 Å². The minimum Gasteiger partial charge on any atom is -0.334 e. The molecule has 1 aromatic rings. The molecule has 0 saturated carbocycles. The van der Waals surface area contributed by atoms with E-state index in [1.165, 1.54) is 12.1 Å². The number of nitrogens with two attached hydrogens (primary N) is 1. The number of carbonyl (C=O) groups is 1. The topological polar surface area (TPSA) is 46.3 Å². The van der Waals surface area contributed by atoms with Gasteiger partial charge < -0.3 is 10.6 Å². The van der Waals surface area contributed by atoms with Crippen LogP contribution in [0.3, 0.4) is 0 Å². The zero-order valence-corrected chi connectivity index (χ0v) is 10.1. The summed E-state index contributed by atoms with van der Waals surface area (Å²) in [4.78, 5) is 13.4. The van der Waals surface area contributed by atoms with E-state index in [-0.39, 0.29) is 30.0 Å². The number of rotatable bonds is 3. The fraction of sp³-hybridized carbons (Fsp3) is 0.462. The zero-order chi connectivity index (χ0) is 13.3. The van der Waals surface area contributed by atoms with Crippen LogP contribution < -0.4 is 5.73 Å². The average molecular weight is 254 g/mol. The van der Waals surface area contributed by atoms with E-state index in [9.17, 15) is 13.6 Å². The number of carbonyl (C=O) groups excluding carboxylic acids is 1. The van der Waals surface area contributed by atoms with E-state index in [4.69, 9.17) is 5.73 Å². The van der Waals surface area contributed by atoms with E-state index >= 15 is 0 Å². The zero-order valence-electron chi connectivity index (χ0n) is 10.1. The molecule has 2 unspecified atom stereocenters. The van der Waals surface area contributed by atoms with Crippen molar-refractivity contribution in [2.45, 2.75) is 31.9 Å². The van der Waals surface area contributed by atoms with Crippen molar-refractivity contribution in [2.24, 2.45) is 5.73 Å². The molecule has 1 amide bonds. The molecule has 98 valence electrons. The van der Waals surface area contributed by atoms with E-state index in [0.29, 0.717) is 12.1 Å². The Morgan fingerprint density at radius 2 is 2.22 bits per heavy atom. The van der Waals surface area contributed by atoms with Gasteiger partial charge in [0.15, 0.2) is 0 Å². The van der Waals surface area contributed by atoms with Crippen molar-refractivity contribution in [3.63, 3.8) is 0 Å². The lowest BCUT2D eigenvalue weighted by Gasteiger charge is -2.26. The van der Waals surface area contributed by atoms with Gasteiger partial charge in [0.1, 0.15) is 0 Å². The number of hydrogen-bond donors (Lipinski definition) is 1. The molecule has 3 nitrogen and oxygen atoms in total. The lowest BCUT2D eigenvalue weighted by atomic mass is 9.99. The van der Waals surface area contributed by atoms with Gasteiger partial charge in [-0.05, 0) is 18.6 Å². The van der Waals surface area contributed by atoms with Crippen molar-refractivity contribution >= 4 is 5.91 Å². The van der Waals surface area contributed by atoms with Crippen LogP contribution in [0.4, 0.5) is 8.78 Å². The number of halogens is 2. The average Bonchev–Trinajstić information content (AvgIpc) is 2.63. The highest BCUT2D eigenvalue weighted by molar-refractivity contribution is 5.80. The summed E-state index contributed by atoms with van der Waals surface area (Å²) in [5.41, 5.74) is 6.60. The quantitative estimate of drug-likeness (QED) is 0.899. The molecular formula is C13H16F2N2O. The van der Waals surface area contributed by atoms with Crippen molar-refractivity contribution in [3.8, 4) is 0 Å². The van der Waals surface area contributed by atoms with Gasteiger partial charge in [-0.2, -0.15) is 0 Å². The molecule has 18 heavy (non-hydrogen) atoms. The van der Waals surface area contributed by atoms with Gasteiger partial charge in [0, 0.05) is 24.6 Å². The Balaban J connectivity index is 2.35. The molecule has 2 N–H and O–H groups in total. The number of hydrogen-bond acceptors (Lipinski definition) is 2. The first-order valence-corrected chi connectivity index (χ1v) is 5.97. The van der Waals surface area contributed by atoms with Gasteiger partial charge in [-0.15, -0.1) is 0 Å². The molecule has 1 saturated heterocycles. The molecule has 0 bridgehead atoms. The molecule has 1 aliphatic heterocycles. The highest BCUT2D eigenvalue weighted by Gasteiger charge is 2.37. The molecule has 2 rings (SSSR count). The third kappa shape index (κ3) is 2.22. The van der Waals surface area contributed by atoms with Crippen LogP contribution >= 0.6 is 0 Å². The maximum Gasteiger partial charge on any atom is 0.263 e. The molecule has 1 fully saturated rings. The van der Waals surface area contributed by atoms with Crippen molar-refractivity contribution in [3.05, 3.63) is 35.4 Å². The second-order valence-corrected chi connectivity index (χ2v) is 4.46. The second kappa shape index (κ2) is 5.02. The van der Waals surface area contributed by atoms with E-state index in [1.54, 1.807) is 17.0 Å². The van der Waals surface area contributed by atoms with Gasteiger partial charge in [-0.3, -0.25) is 4.79 Å². The number of alkyl halides is 2. The number of likely N-dealkylation sites (tertiary alicyclic amines) is 1. The first-order chi connectivity index (χ1) is 8.54. The fourth-order valence-corrected chi connectivity index (χ4v) is 2.50. The van der Waals surface area contributed by atoms with Crippen molar-refractivity contribution in [2.75, 3.05) is 6.54 Å². The minimum absolute atomic E-state index is 0.0162. The van der Waals surface area contributed by atoms with Crippen LogP contribution in [0.15, 0.2) is 24.3 Å². The monoisotopic (exact) mass is 254 g/mol. The van der Waals surface area contributed by atoms with Crippen LogP contribution in [-0.4, -0.2) is 23.4 Å². The van der Waals surface area contributed by atoms with Gasteiger partial charge in [0.2, 0.25) is 5.91 Å². The molecule has 0 aromatic heterocycles. The van der Waals surface area contributed by atoms with E-state index < -0.39 is 6.43 Å². The van der Waals surface area contributed by atoms with Gasteiger partial charge in [-0.25, -0.2) is 8.78 Å². The Morgan fingerprint density at radius 3 is 2.83 bits per heavy atom. The summed E-state index contributed by atoms with van der Waals surface area (Å²) in [6, 6.07) is 5.53. The lowest BCUT2D eigenvalue weighted by molar-refractivity contribution is -0.128. The van der Waals surface area contributed by atoms with Crippen LogP contribution in [0.5, 0.6) is 0 Å². The largest absolute Gasteiger partial charge is 0.334 e. The first kappa shape index (κ1) is 13.0. The predicted octanol–water partition coefficient (Wildman–Crippen LogP) is 2.24. The van der Waals surface area contributed by atoms with Crippen molar-refractivity contribution < 1.29 is 13.6 Å². The van der Waals surface area contributed by atoms with E-state index in [2.05, 4.69) is 0 Å². The molecule has 0 spiro atoms. The van der Waals surface area contributed by atoms with E-state index in [1.807, 2.05) is 6.92 Å². The van der Waals surface area contributed by atoms with E-state index in [0.717, 1.165) is 0 Å². The Hall–Kier alpha value is -1.49. The maximum absolute atomic E-state index is 12.7. The second-order valence-electron chi connectivity index (χ2n) is 4.46. The number of likely N-dealkylation sites (N-methyl/N-ethyl adjacent to an activating group) is 1. The molecule has 1 aliphatic rings. The molecule has 1 heterocycles. The highest BCUT2D eigenvalue weighted by atomic mass is 19.3. The summed E-state index contributed by atoms with van der Waals surface area (Å²) in [6.45, 7) is 2.40. The van der Waals surface area contributed by atoms with Crippen LogP contribution in [0.25, 0.3) is 0 Å². The SMILES string of the molecule is CCN1C(=O)CC(N)C1c1cccc(C(F)F)c1. The lowest BCUT2D eigenvalue weighted by Crippen LogP contribution is -2.32.